The molecule has 9 rings (SSSR count). The van der Waals surface area contributed by atoms with Crippen LogP contribution in [0.25, 0.3) is 28.1 Å². The summed E-state index contributed by atoms with van der Waals surface area (Å²) in [4.78, 5) is 36.4. The number of nitrogens with zero attached hydrogens (tertiary/aromatic N) is 8. The van der Waals surface area contributed by atoms with Crippen molar-refractivity contribution in [1.82, 2.24) is 29.3 Å². The standard InChI is InChI=1S/C45H48F4N10O4S/c46-38-27-35(56-23-21-54(22-24-56)28-30-11-18-55(19-12-30)33-3-5-34(6-4-33)58-20-13-41(60)51-45(58)61)7-8-40(38)59-29-37(43(52-59)31-9-14-50-15-10-31)36-25-32(44(48)49)26-39(42(36)47)53-64(62,63)57-16-1-2-17-57/h3-10,14-15,25-27,29-30,44,53H,1-2,11-13,16-24,28H2,(H,51,60,61). The average Bonchev–Trinajstić information content (AvgIpc) is 4.01. The zero-order valence-corrected chi connectivity index (χ0v) is 35.8. The molecular formula is C45H48F4N10O4S. The quantitative estimate of drug-likeness (QED) is 0.126. The Morgan fingerprint density at radius 2 is 1.44 bits per heavy atom. The van der Waals surface area contributed by atoms with Crippen LogP contribution in [0.15, 0.2) is 85.3 Å². The van der Waals surface area contributed by atoms with Gasteiger partial charge < -0.3 is 9.80 Å². The van der Waals surface area contributed by atoms with Gasteiger partial charge in [0.25, 0.3) is 6.43 Å². The number of urea groups is 1. The number of anilines is 4. The van der Waals surface area contributed by atoms with Gasteiger partial charge >= 0.3 is 16.2 Å². The molecule has 4 aliphatic rings. The Labute approximate surface area is 368 Å². The molecule has 4 aliphatic heterocycles. The first-order valence-corrected chi connectivity index (χ1v) is 23.0. The van der Waals surface area contributed by atoms with Gasteiger partial charge in [-0.2, -0.15) is 17.8 Å². The first-order chi connectivity index (χ1) is 30.9. The topological polar surface area (TPSA) is 139 Å². The molecule has 0 unspecified atom stereocenters. The molecule has 64 heavy (non-hydrogen) atoms. The van der Waals surface area contributed by atoms with E-state index in [1.807, 2.05) is 24.3 Å². The lowest BCUT2D eigenvalue weighted by Gasteiger charge is -2.40. The number of benzene rings is 3. The molecule has 2 N–H and O–H groups in total. The van der Waals surface area contributed by atoms with Gasteiger partial charge in [-0.1, -0.05) is 0 Å². The van der Waals surface area contributed by atoms with Gasteiger partial charge in [-0.15, -0.1) is 0 Å². The molecular weight excluding hydrogens is 853 g/mol. The van der Waals surface area contributed by atoms with Gasteiger partial charge in [-0.25, -0.2) is 27.0 Å². The zero-order valence-electron chi connectivity index (χ0n) is 35.0. The zero-order chi connectivity index (χ0) is 44.5. The second-order valence-electron chi connectivity index (χ2n) is 16.6. The van der Waals surface area contributed by atoms with Crippen molar-refractivity contribution >= 4 is 44.9 Å². The highest BCUT2D eigenvalue weighted by molar-refractivity contribution is 7.90. The number of rotatable bonds is 12. The molecule has 3 aromatic carbocycles. The summed E-state index contributed by atoms with van der Waals surface area (Å²) in [7, 11) is -4.23. The van der Waals surface area contributed by atoms with Gasteiger partial charge in [0.1, 0.15) is 11.4 Å². The van der Waals surface area contributed by atoms with Crippen LogP contribution in [-0.4, -0.2) is 110 Å². The Kier molecular flexibility index (Phi) is 12.3. The molecule has 3 amide bonds. The smallest absolute Gasteiger partial charge is 0.328 e. The molecule has 336 valence electrons. The lowest BCUT2D eigenvalue weighted by molar-refractivity contribution is -0.120. The summed E-state index contributed by atoms with van der Waals surface area (Å²) in [5.41, 5.74) is 1.74. The number of aromatic nitrogens is 3. The molecule has 4 fully saturated rings. The van der Waals surface area contributed by atoms with Crippen LogP contribution in [0.4, 0.5) is 45.1 Å². The number of hydrogen-bond acceptors (Lipinski definition) is 9. The van der Waals surface area contributed by atoms with Crippen molar-refractivity contribution in [3.05, 3.63) is 103 Å². The minimum atomic E-state index is -4.23. The van der Waals surface area contributed by atoms with E-state index in [4.69, 9.17) is 0 Å². The highest BCUT2D eigenvalue weighted by Crippen LogP contribution is 2.39. The van der Waals surface area contributed by atoms with E-state index >= 15 is 8.78 Å². The van der Waals surface area contributed by atoms with Gasteiger partial charge in [-0.3, -0.25) is 29.6 Å². The second-order valence-corrected chi connectivity index (χ2v) is 18.3. The molecule has 0 atom stereocenters. The fraction of sp³-hybridized carbons (Fsp3) is 0.378. The number of carbonyl (C=O) groups is 2. The van der Waals surface area contributed by atoms with Crippen LogP contribution in [0.5, 0.6) is 0 Å². The summed E-state index contributed by atoms with van der Waals surface area (Å²) in [5.74, 6) is -1.38. The number of carbonyl (C=O) groups excluding carboxylic acids is 2. The van der Waals surface area contributed by atoms with Gasteiger partial charge in [0, 0.05) is 130 Å². The predicted molar refractivity (Wildman–Crippen MR) is 236 cm³/mol. The van der Waals surface area contributed by atoms with E-state index in [-0.39, 0.29) is 47.9 Å². The van der Waals surface area contributed by atoms with E-state index in [1.54, 1.807) is 29.2 Å². The maximum atomic E-state index is 16.4. The van der Waals surface area contributed by atoms with Gasteiger partial charge in [0.05, 0.1) is 5.69 Å². The number of nitrogens with one attached hydrogen (secondary N) is 2. The molecule has 4 saturated heterocycles. The molecule has 0 aliphatic carbocycles. The first-order valence-electron chi connectivity index (χ1n) is 21.5. The summed E-state index contributed by atoms with van der Waals surface area (Å²) >= 11 is 0. The number of hydrogen-bond donors (Lipinski definition) is 2. The number of alkyl halides is 2. The number of pyridine rings is 1. The van der Waals surface area contributed by atoms with E-state index in [9.17, 15) is 26.8 Å². The second kappa shape index (κ2) is 18.2. The number of imide groups is 1. The van der Waals surface area contributed by atoms with Crippen LogP contribution in [0.2, 0.25) is 0 Å². The third-order valence-electron chi connectivity index (χ3n) is 12.6. The highest BCUT2D eigenvalue weighted by atomic mass is 32.2. The largest absolute Gasteiger partial charge is 0.372 e. The van der Waals surface area contributed by atoms with Gasteiger partial charge in [-0.05, 0) is 98.3 Å². The van der Waals surface area contributed by atoms with Crippen molar-refractivity contribution < 1.29 is 35.6 Å². The lowest BCUT2D eigenvalue weighted by atomic mass is 9.95. The van der Waals surface area contributed by atoms with Crippen molar-refractivity contribution in [2.24, 2.45) is 5.92 Å². The van der Waals surface area contributed by atoms with Crippen LogP contribution in [0.3, 0.4) is 0 Å². The Morgan fingerprint density at radius 3 is 2.11 bits per heavy atom. The van der Waals surface area contributed by atoms with Crippen LogP contribution in [-0.2, 0) is 15.0 Å². The summed E-state index contributed by atoms with van der Waals surface area (Å²) in [6, 6.07) is 17.3. The molecule has 0 saturated carbocycles. The molecule has 6 heterocycles. The summed E-state index contributed by atoms with van der Waals surface area (Å²) in [6.45, 7) is 6.69. The van der Waals surface area contributed by atoms with Crippen LogP contribution in [0, 0.1) is 17.6 Å². The van der Waals surface area contributed by atoms with Gasteiger partial charge in [0.15, 0.2) is 11.6 Å². The highest BCUT2D eigenvalue weighted by Gasteiger charge is 2.30. The fourth-order valence-corrected chi connectivity index (χ4v) is 10.3. The fourth-order valence-electron chi connectivity index (χ4n) is 9.05. The van der Waals surface area contributed by atoms with Crippen molar-refractivity contribution in [1.29, 1.82) is 0 Å². The van der Waals surface area contributed by atoms with E-state index in [0.29, 0.717) is 49.6 Å². The minimum Gasteiger partial charge on any atom is -0.372 e. The maximum absolute atomic E-state index is 16.4. The Bertz CT molecular complexity index is 2610. The maximum Gasteiger partial charge on any atom is 0.328 e. The number of piperazine rings is 1. The van der Waals surface area contributed by atoms with Crippen LogP contribution >= 0.6 is 0 Å². The average molecular weight is 901 g/mol. The van der Waals surface area contributed by atoms with E-state index in [1.165, 1.54) is 29.3 Å². The van der Waals surface area contributed by atoms with Crippen molar-refractivity contribution in [2.75, 3.05) is 84.9 Å². The van der Waals surface area contributed by atoms with Gasteiger partial charge in [0.2, 0.25) is 5.91 Å². The first kappa shape index (κ1) is 43.2. The lowest BCUT2D eigenvalue weighted by Crippen LogP contribution is -2.49. The third-order valence-corrected chi connectivity index (χ3v) is 14.1. The summed E-state index contributed by atoms with van der Waals surface area (Å²) in [5, 5.41) is 6.99. The SMILES string of the molecule is O=C1CCN(c2ccc(N3CCC(CN4CCN(c5ccc(-n6cc(-c7cc(C(F)F)cc(NS(=O)(=O)N8CCCC8)c7F)c(-c7ccncc7)n6)c(F)c5)CC4)CC3)cc2)C(=O)N1. The summed E-state index contributed by atoms with van der Waals surface area (Å²) < 4.78 is 92.0. The van der Waals surface area contributed by atoms with E-state index < -0.39 is 45.6 Å². The Balaban J connectivity index is 0.858. The molecule has 14 nitrogen and oxygen atoms in total. The Hall–Kier alpha value is -6.05. The predicted octanol–water partition coefficient (Wildman–Crippen LogP) is 7.05. The third kappa shape index (κ3) is 9.14. The van der Waals surface area contributed by atoms with E-state index in [0.717, 1.165) is 73.4 Å². The molecule has 19 heteroatoms. The van der Waals surface area contributed by atoms with Crippen LogP contribution in [0.1, 0.15) is 44.1 Å². The minimum absolute atomic E-state index is 0.0529. The molecule has 0 radical (unpaired) electrons. The number of piperidine rings is 1. The van der Waals surface area contributed by atoms with Crippen molar-refractivity contribution in [3.8, 4) is 28.1 Å². The summed E-state index contributed by atoms with van der Waals surface area (Å²) in [6.07, 6.45) is 4.93. The van der Waals surface area contributed by atoms with Crippen molar-refractivity contribution in [2.45, 2.75) is 38.5 Å². The molecule has 5 aromatic rings. The molecule has 0 spiro atoms. The monoisotopic (exact) mass is 900 g/mol. The number of amides is 3. The van der Waals surface area contributed by atoms with Crippen LogP contribution < -0.4 is 24.7 Å². The van der Waals surface area contributed by atoms with Crippen molar-refractivity contribution in [3.63, 3.8) is 0 Å². The molecule has 0 bridgehead atoms. The van der Waals surface area contributed by atoms with E-state index in [2.05, 4.69) is 34.8 Å². The Morgan fingerprint density at radius 1 is 0.766 bits per heavy atom. The normalized spacial score (nSPS) is 18.3. The molecule has 2 aromatic heterocycles. The number of halogens is 4.